The minimum atomic E-state index is -4.22. The van der Waals surface area contributed by atoms with E-state index in [1.807, 2.05) is 20.8 Å². The predicted molar refractivity (Wildman–Crippen MR) is 136 cm³/mol. The molecule has 200 valence electrons. The van der Waals surface area contributed by atoms with Crippen molar-refractivity contribution in [3.63, 3.8) is 0 Å². The van der Waals surface area contributed by atoms with E-state index in [1.165, 1.54) is 30.5 Å². The molecule has 4 rings (SSSR count). The lowest BCUT2D eigenvalue weighted by Gasteiger charge is -2.39. The van der Waals surface area contributed by atoms with Gasteiger partial charge in [0.25, 0.3) is 0 Å². The fraction of sp³-hybridized carbons (Fsp3) is 0.481. The van der Waals surface area contributed by atoms with Crippen LogP contribution in [-0.4, -0.2) is 61.4 Å². The molecule has 2 aromatic rings. The van der Waals surface area contributed by atoms with E-state index < -0.39 is 20.6 Å². The van der Waals surface area contributed by atoms with Gasteiger partial charge in [-0.25, -0.2) is 18.2 Å². The molecule has 10 heteroatoms. The molecule has 2 aliphatic rings. The van der Waals surface area contributed by atoms with Gasteiger partial charge >= 0.3 is 6.09 Å². The predicted octanol–water partition coefficient (Wildman–Crippen LogP) is 5.15. The van der Waals surface area contributed by atoms with Gasteiger partial charge in [0.05, 0.1) is 17.1 Å². The zero-order valence-electron chi connectivity index (χ0n) is 21.3. The van der Waals surface area contributed by atoms with E-state index in [-0.39, 0.29) is 29.3 Å². The lowest BCUT2D eigenvalue weighted by molar-refractivity contribution is -0.110. The Morgan fingerprint density at radius 3 is 2.38 bits per heavy atom. The number of amides is 1. The minimum Gasteiger partial charge on any atom is -0.474 e. The summed E-state index contributed by atoms with van der Waals surface area (Å²) in [5.41, 5.74) is -0.171. The van der Waals surface area contributed by atoms with Crippen LogP contribution in [0.15, 0.2) is 58.7 Å². The van der Waals surface area contributed by atoms with Crippen LogP contribution >= 0.6 is 0 Å². The van der Waals surface area contributed by atoms with Crippen molar-refractivity contribution < 1.29 is 31.8 Å². The average molecular weight is 533 g/mol. The van der Waals surface area contributed by atoms with Crippen molar-refractivity contribution in [2.75, 3.05) is 13.1 Å². The number of aromatic nitrogens is 1. The maximum atomic E-state index is 14.6. The lowest BCUT2D eigenvalue weighted by Crippen LogP contribution is -2.46. The van der Waals surface area contributed by atoms with Gasteiger partial charge in [0, 0.05) is 38.2 Å². The monoisotopic (exact) mass is 532 g/mol. The number of benzene rings is 1. The second-order valence-corrected chi connectivity index (χ2v) is 12.2. The van der Waals surface area contributed by atoms with Gasteiger partial charge in [0.15, 0.2) is 0 Å². The molecular weight excluding hydrogens is 499 g/mol. The number of carbonyl (C=O) groups excluding carboxylic acids is 1. The molecule has 0 unspecified atom stereocenters. The van der Waals surface area contributed by atoms with Crippen LogP contribution in [-0.2, 0) is 19.3 Å². The molecule has 0 atom stereocenters. The molecule has 0 bridgehead atoms. The van der Waals surface area contributed by atoms with Crippen LogP contribution < -0.4 is 4.74 Å². The summed E-state index contributed by atoms with van der Waals surface area (Å²) < 4.78 is 57.0. The van der Waals surface area contributed by atoms with E-state index in [2.05, 4.69) is 4.98 Å². The largest absolute Gasteiger partial charge is 0.474 e. The summed E-state index contributed by atoms with van der Waals surface area (Å²) >= 11 is 0. The Morgan fingerprint density at radius 2 is 1.73 bits per heavy atom. The highest BCUT2D eigenvalue weighted by atomic mass is 32.2. The third-order valence-corrected chi connectivity index (χ3v) is 7.69. The summed E-state index contributed by atoms with van der Waals surface area (Å²) in [6.07, 6.45) is 5.12. The van der Waals surface area contributed by atoms with Gasteiger partial charge in [0.2, 0.25) is 20.9 Å². The summed E-state index contributed by atoms with van der Waals surface area (Å²) in [7, 11) is -4.22. The molecule has 1 aromatic carbocycles. The van der Waals surface area contributed by atoms with E-state index in [0.717, 1.165) is 18.9 Å². The number of pyridine rings is 1. The number of hydrogen-bond donors (Lipinski definition) is 0. The first kappa shape index (κ1) is 27.1. The number of rotatable bonds is 7. The number of piperidine rings is 1. The van der Waals surface area contributed by atoms with Crippen molar-refractivity contribution in [2.45, 2.75) is 75.3 Å². The second kappa shape index (κ2) is 11.2. The molecule has 2 heterocycles. The molecule has 0 spiro atoms. The van der Waals surface area contributed by atoms with E-state index >= 15 is 0 Å². The van der Waals surface area contributed by atoms with Crippen molar-refractivity contribution in [1.29, 1.82) is 0 Å². The number of hydrogen-bond acceptors (Lipinski definition) is 7. The Hall–Kier alpha value is -2.98. The molecule has 1 amide bonds. The molecule has 1 saturated heterocycles. The number of likely N-dealkylation sites (tertiary alicyclic amines) is 1. The highest BCUT2D eigenvalue weighted by Crippen LogP contribution is 2.31. The van der Waals surface area contributed by atoms with Gasteiger partial charge in [-0.15, -0.1) is 0 Å². The zero-order valence-corrected chi connectivity index (χ0v) is 22.1. The highest BCUT2D eigenvalue weighted by Gasteiger charge is 2.35. The van der Waals surface area contributed by atoms with Crippen molar-refractivity contribution in [3.8, 4) is 5.88 Å². The molecule has 0 radical (unpaired) electrons. The van der Waals surface area contributed by atoms with Gasteiger partial charge < -0.3 is 19.1 Å². The van der Waals surface area contributed by atoms with E-state index in [0.29, 0.717) is 37.4 Å². The van der Waals surface area contributed by atoms with Gasteiger partial charge in [-0.2, -0.15) is 4.39 Å². The van der Waals surface area contributed by atoms with Gasteiger partial charge in [-0.1, -0.05) is 18.2 Å². The summed E-state index contributed by atoms with van der Waals surface area (Å²) in [6.45, 7) is 6.77. The molecule has 8 nitrogen and oxygen atoms in total. The quantitative estimate of drug-likeness (QED) is 0.487. The molecule has 1 saturated carbocycles. The summed E-state index contributed by atoms with van der Waals surface area (Å²) in [4.78, 5) is 18.0. The summed E-state index contributed by atoms with van der Waals surface area (Å²) in [5, 5.41) is -1.24. The van der Waals surface area contributed by atoms with E-state index in [4.69, 9.17) is 14.2 Å². The molecular formula is C27H33FN2O6S. The van der Waals surface area contributed by atoms with Crippen LogP contribution in [0.3, 0.4) is 0 Å². The van der Waals surface area contributed by atoms with Crippen molar-refractivity contribution in [2.24, 2.45) is 0 Å². The van der Waals surface area contributed by atoms with Crippen LogP contribution in [0, 0.1) is 0 Å². The van der Waals surface area contributed by atoms with Gasteiger partial charge in [0.1, 0.15) is 11.7 Å². The maximum absolute atomic E-state index is 14.6. The first-order valence-corrected chi connectivity index (χ1v) is 13.9. The number of ether oxygens (including phenoxy) is 3. The fourth-order valence-corrected chi connectivity index (χ4v) is 5.20. The van der Waals surface area contributed by atoms with Gasteiger partial charge in [-0.3, -0.25) is 0 Å². The first-order valence-electron chi connectivity index (χ1n) is 12.4. The maximum Gasteiger partial charge on any atom is 0.410 e. The molecule has 2 fully saturated rings. The second-order valence-electron chi connectivity index (χ2n) is 10.3. The smallest absolute Gasteiger partial charge is 0.410 e. The molecule has 1 aliphatic heterocycles. The number of halogens is 1. The molecule has 1 aliphatic carbocycles. The highest BCUT2D eigenvalue weighted by molar-refractivity contribution is 7.95. The summed E-state index contributed by atoms with van der Waals surface area (Å²) in [5.74, 6) is 0.299. The van der Waals surface area contributed by atoms with Crippen molar-refractivity contribution in [1.82, 2.24) is 9.88 Å². The minimum absolute atomic E-state index is 0.0691. The summed E-state index contributed by atoms with van der Waals surface area (Å²) in [6, 6.07) is 10.5. The van der Waals surface area contributed by atoms with Crippen molar-refractivity contribution in [3.05, 3.63) is 59.4 Å². The van der Waals surface area contributed by atoms with Crippen molar-refractivity contribution >= 4 is 22.0 Å². The standard InChI is InChI=1S/C27H33FN2O6S/c1-27(2,3)36-26(31)30-13-10-20(11-14-30)34-21-17-22(18-21)35-25-16-19(9-12-29-25)15-24(28)37(32,33)23-7-5-4-6-8-23/h4-9,12,15-16,20-22H,10-11,13-14,17-18H2,1-3H3/t21-,22-. The van der Waals surface area contributed by atoms with Crippen LogP contribution in [0.2, 0.25) is 0 Å². The molecule has 37 heavy (non-hydrogen) atoms. The third kappa shape index (κ3) is 7.29. The van der Waals surface area contributed by atoms with E-state index in [9.17, 15) is 17.6 Å². The Morgan fingerprint density at radius 1 is 1.05 bits per heavy atom. The number of nitrogens with zero attached hydrogens (tertiary/aromatic N) is 2. The lowest BCUT2D eigenvalue weighted by atomic mass is 9.91. The Balaban J connectivity index is 1.24. The number of sulfone groups is 1. The average Bonchev–Trinajstić information content (AvgIpc) is 2.83. The van der Waals surface area contributed by atoms with Crippen LogP contribution in [0.5, 0.6) is 5.88 Å². The first-order chi connectivity index (χ1) is 17.5. The fourth-order valence-electron chi connectivity index (χ4n) is 4.17. The van der Waals surface area contributed by atoms with Crippen LogP contribution in [0.25, 0.3) is 6.08 Å². The molecule has 0 N–H and O–H groups in total. The zero-order chi connectivity index (χ0) is 26.6. The molecule has 1 aromatic heterocycles. The SMILES string of the molecule is CC(C)(C)OC(=O)N1CCC(O[C@H]2C[C@H](Oc3cc(C=C(F)S(=O)(=O)c4ccccc4)ccn3)C2)CC1. The third-order valence-electron chi connectivity index (χ3n) is 6.17. The number of carbonyl (C=O) groups is 1. The Labute approximate surface area is 217 Å². The normalized spacial score (nSPS) is 21.3. The van der Waals surface area contributed by atoms with Gasteiger partial charge in [-0.05, 0) is 63.5 Å². The Bertz CT molecular complexity index is 1210. The topological polar surface area (TPSA) is 95.0 Å². The Kier molecular flexibility index (Phi) is 8.18. The van der Waals surface area contributed by atoms with Crippen LogP contribution in [0.4, 0.5) is 9.18 Å². The van der Waals surface area contributed by atoms with E-state index in [1.54, 1.807) is 23.1 Å². The van der Waals surface area contributed by atoms with Crippen LogP contribution in [0.1, 0.15) is 52.0 Å².